The molecule has 0 saturated carbocycles. The van der Waals surface area contributed by atoms with Crippen LogP contribution in [0.5, 0.6) is 5.75 Å². The van der Waals surface area contributed by atoms with Crippen LogP contribution in [0.15, 0.2) is 85.1 Å². The van der Waals surface area contributed by atoms with Gasteiger partial charge in [-0.3, -0.25) is 4.98 Å². The first kappa shape index (κ1) is 21.5. The number of esters is 1. The third kappa shape index (κ3) is 4.16. The molecule has 166 valence electrons. The van der Waals surface area contributed by atoms with E-state index in [4.69, 9.17) is 22.1 Å². The van der Waals surface area contributed by atoms with Crippen LogP contribution in [0.2, 0.25) is 5.02 Å². The molecule has 0 aliphatic carbocycles. The van der Waals surface area contributed by atoms with Gasteiger partial charge in [0, 0.05) is 22.7 Å². The second-order valence-electron chi connectivity index (χ2n) is 7.40. The van der Waals surface area contributed by atoms with E-state index in [0.717, 1.165) is 10.9 Å². The predicted octanol–water partition coefficient (Wildman–Crippen LogP) is 5.95. The van der Waals surface area contributed by atoms with Gasteiger partial charge in [0.05, 0.1) is 21.9 Å². The highest BCUT2D eigenvalue weighted by atomic mass is 35.5. The third-order valence-electron chi connectivity index (χ3n) is 5.12. The van der Waals surface area contributed by atoms with Gasteiger partial charge in [-0.25, -0.2) is 19.2 Å². The molecule has 0 fully saturated rings. The van der Waals surface area contributed by atoms with Gasteiger partial charge in [-0.2, -0.15) is 0 Å². The molecule has 0 aliphatic heterocycles. The molecule has 5 rings (SSSR count). The molecule has 0 radical (unpaired) electrons. The Kier molecular flexibility index (Phi) is 5.61. The van der Waals surface area contributed by atoms with Crippen LogP contribution in [0, 0.1) is 5.82 Å². The fourth-order valence-corrected chi connectivity index (χ4v) is 3.82. The first-order chi connectivity index (χ1) is 16.5. The quantitative estimate of drug-likeness (QED) is 0.258. The fourth-order valence-electron chi connectivity index (χ4n) is 3.54. The normalized spacial score (nSPS) is 10.9. The monoisotopic (exact) mass is 470 g/mol. The molecule has 0 spiro atoms. The molecule has 2 heterocycles. The number of aromatic nitrogens is 3. The second-order valence-corrected chi connectivity index (χ2v) is 7.80. The van der Waals surface area contributed by atoms with E-state index in [1.807, 2.05) is 42.5 Å². The summed E-state index contributed by atoms with van der Waals surface area (Å²) in [5, 5.41) is 1.24. The number of pyridine rings is 1. The van der Waals surface area contributed by atoms with Crippen molar-refractivity contribution in [3.63, 3.8) is 0 Å². The first-order valence-corrected chi connectivity index (χ1v) is 10.6. The Morgan fingerprint density at radius 1 is 0.882 bits per heavy atom. The van der Waals surface area contributed by atoms with Crippen LogP contribution >= 0.6 is 11.6 Å². The summed E-state index contributed by atoms with van der Waals surface area (Å²) in [5.41, 5.74) is 8.89. The van der Waals surface area contributed by atoms with E-state index >= 15 is 0 Å². The molecular weight excluding hydrogens is 455 g/mol. The van der Waals surface area contributed by atoms with Crippen molar-refractivity contribution in [1.29, 1.82) is 0 Å². The van der Waals surface area contributed by atoms with E-state index in [1.54, 1.807) is 18.3 Å². The summed E-state index contributed by atoms with van der Waals surface area (Å²) in [6.45, 7) is 0. The smallest absolute Gasteiger partial charge is 0.366 e. The lowest BCUT2D eigenvalue weighted by Crippen LogP contribution is -2.16. The molecular formula is C26H16ClFN4O2. The summed E-state index contributed by atoms with van der Waals surface area (Å²) in [4.78, 5) is 26.3. The van der Waals surface area contributed by atoms with Crippen molar-refractivity contribution in [2.45, 2.75) is 0 Å². The molecule has 34 heavy (non-hydrogen) atoms. The highest BCUT2D eigenvalue weighted by molar-refractivity contribution is 6.35. The zero-order valence-corrected chi connectivity index (χ0v) is 18.3. The number of anilines is 1. The van der Waals surface area contributed by atoms with Gasteiger partial charge in [-0.15, -0.1) is 0 Å². The molecule has 0 amide bonds. The average molecular weight is 471 g/mol. The number of carbonyl (C=O) groups excluding carboxylic acids is 1. The number of hydrogen-bond donors (Lipinski definition) is 1. The molecule has 0 aliphatic rings. The van der Waals surface area contributed by atoms with Gasteiger partial charge in [0.1, 0.15) is 11.6 Å². The molecule has 2 N–H and O–H groups in total. The van der Waals surface area contributed by atoms with Crippen molar-refractivity contribution in [2.75, 3.05) is 5.73 Å². The molecule has 8 heteroatoms. The molecule has 0 bridgehead atoms. The molecule has 0 unspecified atom stereocenters. The van der Waals surface area contributed by atoms with Crippen molar-refractivity contribution in [3.05, 3.63) is 102 Å². The number of rotatable bonds is 4. The standard InChI is InChI=1S/C26H16ClFN4O2/c27-20-14-17(13-16-7-4-12-30-21(16)20)23-22(15-5-2-1-3-6-15)32-25(29)24(31-23)26(33)34-19-10-8-18(28)9-11-19/h1-14H,(H2,29,32). The zero-order chi connectivity index (χ0) is 23.7. The Morgan fingerprint density at radius 3 is 2.38 bits per heavy atom. The Morgan fingerprint density at radius 2 is 1.62 bits per heavy atom. The van der Waals surface area contributed by atoms with Gasteiger partial charge in [0.25, 0.3) is 0 Å². The van der Waals surface area contributed by atoms with Gasteiger partial charge < -0.3 is 10.5 Å². The summed E-state index contributed by atoms with van der Waals surface area (Å²) in [6, 6.07) is 21.7. The van der Waals surface area contributed by atoms with Crippen LogP contribution in [0.25, 0.3) is 33.4 Å². The summed E-state index contributed by atoms with van der Waals surface area (Å²) in [7, 11) is 0. The number of halogens is 2. The van der Waals surface area contributed by atoms with Gasteiger partial charge >= 0.3 is 5.97 Å². The van der Waals surface area contributed by atoms with Gasteiger partial charge in [-0.1, -0.05) is 48.0 Å². The SMILES string of the molecule is Nc1nc(-c2ccccc2)c(-c2cc(Cl)c3ncccc3c2)nc1C(=O)Oc1ccc(F)cc1. The minimum atomic E-state index is -0.814. The van der Waals surface area contributed by atoms with Crippen LogP contribution in [0.1, 0.15) is 10.5 Å². The predicted molar refractivity (Wildman–Crippen MR) is 129 cm³/mol. The maximum Gasteiger partial charge on any atom is 0.366 e. The minimum Gasteiger partial charge on any atom is -0.422 e. The van der Waals surface area contributed by atoms with E-state index < -0.39 is 11.8 Å². The van der Waals surface area contributed by atoms with Crippen LogP contribution in [-0.4, -0.2) is 20.9 Å². The molecule has 0 saturated heterocycles. The Bertz CT molecular complexity index is 1530. The molecule has 6 nitrogen and oxygen atoms in total. The Hall–Kier alpha value is -4.36. The number of nitrogen functional groups attached to an aromatic ring is 1. The van der Waals surface area contributed by atoms with Crippen molar-refractivity contribution in [3.8, 4) is 28.3 Å². The van der Waals surface area contributed by atoms with E-state index in [2.05, 4.69) is 15.0 Å². The number of ether oxygens (including phenoxy) is 1. The number of nitrogens with zero attached hydrogens (tertiary/aromatic N) is 3. The summed E-state index contributed by atoms with van der Waals surface area (Å²) >= 11 is 6.51. The fraction of sp³-hybridized carbons (Fsp3) is 0. The first-order valence-electron chi connectivity index (χ1n) is 10.2. The van der Waals surface area contributed by atoms with E-state index in [1.165, 1.54) is 24.3 Å². The van der Waals surface area contributed by atoms with Crippen LogP contribution in [-0.2, 0) is 0 Å². The lowest BCUT2D eigenvalue weighted by molar-refractivity contribution is 0.0729. The topological polar surface area (TPSA) is 91.0 Å². The van der Waals surface area contributed by atoms with Crippen LogP contribution < -0.4 is 10.5 Å². The highest BCUT2D eigenvalue weighted by Gasteiger charge is 2.22. The van der Waals surface area contributed by atoms with Crippen molar-refractivity contribution >= 4 is 34.3 Å². The zero-order valence-electron chi connectivity index (χ0n) is 17.6. The Labute approximate surface area is 198 Å². The lowest BCUT2D eigenvalue weighted by atomic mass is 10.0. The Balaban J connectivity index is 1.67. The molecule has 2 aromatic heterocycles. The highest BCUT2D eigenvalue weighted by Crippen LogP contribution is 2.35. The van der Waals surface area contributed by atoms with E-state index in [0.29, 0.717) is 27.5 Å². The summed E-state index contributed by atoms with van der Waals surface area (Å²) in [5.74, 6) is -1.20. The summed E-state index contributed by atoms with van der Waals surface area (Å²) in [6.07, 6.45) is 1.66. The average Bonchev–Trinajstić information content (AvgIpc) is 2.85. The number of carbonyl (C=O) groups is 1. The van der Waals surface area contributed by atoms with Crippen molar-refractivity contribution in [2.24, 2.45) is 0 Å². The van der Waals surface area contributed by atoms with E-state index in [9.17, 15) is 9.18 Å². The van der Waals surface area contributed by atoms with Gasteiger partial charge in [0.15, 0.2) is 11.5 Å². The number of benzene rings is 3. The molecule has 0 atom stereocenters. The summed E-state index contributed by atoms with van der Waals surface area (Å²) < 4.78 is 18.5. The number of fused-ring (bicyclic) bond motifs is 1. The second kappa shape index (κ2) is 8.88. The lowest BCUT2D eigenvalue weighted by Gasteiger charge is -2.14. The van der Waals surface area contributed by atoms with Crippen molar-refractivity contribution in [1.82, 2.24) is 15.0 Å². The maximum atomic E-state index is 13.2. The van der Waals surface area contributed by atoms with Gasteiger partial charge in [0.2, 0.25) is 0 Å². The van der Waals surface area contributed by atoms with Crippen LogP contribution in [0.4, 0.5) is 10.2 Å². The van der Waals surface area contributed by atoms with Crippen molar-refractivity contribution < 1.29 is 13.9 Å². The number of hydrogen-bond acceptors (Lipinski definition) is 6. The minimum absolute atomic E-state index is 0.0942. The van der Waals surface area contributed by atoms with E-state index in [-0.39, 0.29) is 17.3 Å². The molecule has 3 aromatic carbocycles. The maximum absolute atomic E-state index is 13.2. The van der Waals surface area contributed by atoms with Crippen LogP contribution in [0.3, 0.4) is 0 Å². The third-order valence-corrected chi connectivity index (χ3v) is 5.41. The number of nitrogens with two attached hydrogens (primary N) is 1. The van der Waals surface area contributed by atoms with Gasteiger partial charge in [-0.05, 0) is 42.5 Å². The largest absolute Gasteiger partial charge is 0.422 e. The molecule has 5 aromatic rings.